The Bertz CT molecular complexity index is 438. The molecule has 0 aliphatic rings. The molecule has 0 aliphatic carbocycles. The standard InChI is InChI=1S/C9H10N4O2.C2H6/c1-3-15-9(14)7-8(11)13-6(4-10)5(2)12-7;1-2/h3H2,1-2H3,(H2,11,13);1-2H3. The number of anilines is 1. The molecule has 0 spiro atoms. The SMILES string of the molecule is CC.CCOC(=O)c1nc(C)c(C#N)nc1N. The van der Waals surface area contributed by atoms with Gasteiger partial charge in [-0.15, -0.1) is 0 Å². The zero-order valence-electron chi connectivity index (χ0n) is 10.4. The first kappa shape index (κ1) is 14.8. The Kier molecular flexibility index (Phi) is 6.26. The maximum absolute atomic E-state index is 11.3. The molecular formula is C11H16N4O2. The van der Waals surface area contributed by atoms with Crippen molar-refractivity contribution in [3.63, 3.8) is 0 Å². The number of aromatic nitrogens is 2. The van der Waals surface area contributed by atoms with Gasteiger partial charge < -0.3 is 10.5 Å². The molecule has 0 saturated heterocycles. The minimum atomic E-state index is -0.630. The second kappa shape index (κ2) is 7.17. The number of carbonyl (C=O) groups is 1. The third kappa shape index (κ3) is 3.72. The Hall–Kier alpha value is -2.16. The van der Waals surface area contributed by atoms with Gasteiger partial charge in [0.05, 0.1) is 12.3 Å². The number of nitrogens with zero attached hydrogens (tertiary/aromatic N) is 3. The molecule has 1 heterocycles. The summed E-state index contributed by atoms with van der Waals surface area (Å²) >= 11 is 0. The van der Waals surface area contributed by atoms with Gasteiger partial charge in [0.25, 0.3) is 0 Å². The molecule has 1 aromatic rings. The first-order valence-corrected chi connectivity index (χ1v) is 5.31. The van der Waals surface area contributed by atoms with Gasteiger partial charge in [0.1, 0.15) is 6.07 Å². The minimum absolute atomic E-state index is 0.0478. The third-order valence-electron chi connectivity index (χ3n) is 1.67. The van der Waals surface area contributed by atoms with Crippen molar-refractivity contribution in [3.05, 3.63) is 17.1 Å². The zero-order chi connectivity index (χ0) is 13.4. The highest BCUT2D eigenvalue weighted by Gasteiger charge is 2.16. The molecule has 17 heavy (non-hydrogen) atoms. The van der Waals surface area contributed by atoms with Crippen molar-refractivity contribution in [3.8, 4) is 6.07 Å². The molecule has 0 amide bonds. The Morgan fingerprint density at radius 3 is 2.53 bits per heavy atom. The van der Waals surface area contributed by atoms with Gasteiger partial charge in [-0.2, -0.15) is 5.26 Å². The summed E-state index contributed by atoms with van der Waals surface area (Å²) in [6.07, 6.45) is 0. The van der Waals surface area contributed by atoms with Crippen molar-refractivity contribution < 1.29 is 9.53 Å². The molecule has 6 heteroatoms. The predicted molar refractivity (Wildman–Crippen MR) is 63.2 cm³/mol. The molecule has 0 bridgehead atoms. The first-order valence-electron chi connectivity index (χ1n) is 5.31. The van der Waals surface area contributed by atoms with E-state index in [2.05, 4.69) is 9.97 Å². The van der Waals surface area contributed by atoms with E-state index in [1.807, 2.05) is 19.9 Å². The van der Waals surface area contributed by atoms with Gasteiger partial charge in [-0.25, -0.2) is 14.8 Å². The van der Waals surface area contributed by atoms with E-state index in [0.29, 0.717) is 5.69 Å². The topological polar surface area (TPSA) is 102 Å². The molecule has 0 radical (unpaired) electrons. The van der Waals surface area contributed by atoms with Crippen LogP contribution in [0.15, 0.2) is 0 Å². The molecule has 1 aromatic heterocycles. The summed E-state index contributed by atoms with van der Waals surface area (Å²) in [4.78, 5) is 19.0. The Labute approximate surface area is 100 Å². The van der Waals surface area contributed by atoms with Gasteiger partial charge in [-0.05, 0) is 13.8 Å². The van der Waals surface area contributed by atoms with Gasteiger partial charge in [-0.1, -0.05) is 13.8 Å². The highest BCUT2D eigenvalue weighted by atomic mass is 16.5. The van der Waals surface area contributed by atoms with Crippen LogP contribution in [0.25, 0.3) is 0 Å². The molecule has 1 rings (SSSR count). The fourth-order valence-electron chi connectivity index (χ4n) is 0.988. The van der Waals surface area contributed by atoms with Crippen molar-refractivity contribution in [2.75, 3.05) is 12.3 Å². The quantitative estimate of drug-likeness (QED) is 0.779. The normalized spacial score (nSPS) is 8.65. The largest absolute Gasteiger partial charge is 0.461 e. The smallest absolute Gasteiger partial charge is 0.360 e. The molecule has 0 aromatic carbocycles. The van der Waals surface area contributed by atoms with Crippen LogP contribution in [-0.4, -0.2) is 22.5 Å². The van der Waals surface area contributed by atoms with Crippen molar-refractivity contribution in [1.29, 1.82) is 5.26 Å². The summed E-state index contributed by atoms with van der Waals surface area (Å²) < 4.78 is 4.73. The molecular weight excluding hydrogens is 220 g/mol. The maximum atomic E-state index is 11.3. The number of nitrogens with two attached hydrogens (primary N) is 1. The lowest BCUT2D eigenvalue weighted by Crippen LogP contribution is -2.13. The van der Waals surface area contributed by atoms with Crippen LogP contribution < -0.4 is 5.73 Å². The number of nitriles is 1. The Morgan fingerprint density at radius 1 is 1.47 bits per heavy atom. The van der Waals surface area contributed by atoms with Crippen LogP contribution in [0, 0.1) is 18.3 Å². The van der Waals surface area contributed by atoms with Crippen molar-refractivity contribution >= 4 is 11.8 Å². The average molecular weight is 236 g/mol. The second-order valence-corrected chi connectivity index (χ2v) is 2.72. The molecule has 0 unspecified atom stereocenters. The number of carbonyl (C=O) groups excluding carboxylic acids is 1. The summed E-state index contributed by atoms with van der Waals surface area (Å²) in [6, 6.07) is 1.83. The number of ether oxygens (including phenoxy) is 1. The summed E-state index contributed by atoms with van der Waals surface area (Å²) in [5, 5.41) is 8.65. The minimum Gasteiger partial charge on any atom is -0.461 e. The van der Waals surface area contributed by atoms with Crippen molar-refractivity contribution in [2.24, 2.45) is 0 Å². The lowest BCUT2D eigenvalue weighted by Gasteiger charge is -2.05. The maximum Gasteiger partial charge on any atom is 0.360 e. The zero-order valence-corrected chi connectivity index (χ0v) is 10.4. The molecule has 0 saturated carbocycles. The number of nitrogen functional groups attached to an aromatic ring is 1. The molecule has 0 atom stereocenters. The van der Waals surface area contributed by atoms with E-state index in [1.165, 1.54) is 0 Å². The van der Waals surface area contributed by atoms with E-state index in [-0.39, 0.29) is 23.8 Å². The monoisotopic (exact) mass is 236 g/mol. The van der Waals surface area contributed by atoms with Crippen LogP contribution in [0.2, 0.25) is 0 Å². The first-order chi connectivity index (χ1) is 8.10. The van der Waals surface area contributed by atoms with Gasteiger partial charge in [0.15, 0.2) is 17.2 Å². The van der Waals surface area contributed by atoms with Crippen molar-refractivity contribution in [2.45, 2.75) is 27.7 Å². The van der Waals surface area contributed by atoms with Crippen molar-refractivity contribution in [1.82, 2.24) is 9.97 Å². The number of esters is 1. The van der Waals surface area contributed by atoms with E-state index in [4.69, 9.17) is 15.7 Å². The predicted octanol–water partition coefficient (Wildman–Crippen LogP) is 1.44. The average Bonchev–Trinajstić information content (AvgIpc) is 2.34. The number of hydrogen-bond donors (Lipinski definition) is 1. The molecule has 0 fully saturated rings. The number of aryl methyl sites for hydroxylation is 1. The van der Waals surface area contributed by atoms with Gasteiger partial charge in [-0.3, -0.25) is 0 Å². The molecule has 6 nitrogen and oxygen atoms in total. The van der Waals surface area contributed by atoms with Gasteiger partial charge >= 0.3 is 5.97 Å². The highest BCUT2D eigenvalue weighted by Crippen LogP contribution is 2.10. The van der Waals surface area contributed by atoms with Crippen LogP contribution in [0.3, 0.4) is 0 Å². The Balaban J connectivity index is 0.00000121. The molecule has 2 N–H and O–H groups in total. The van der Waals surface area contributed by atoms with E-state index in [9.17, 15) is 4.79 Å². The second-order valence-electron chi connectivity index (χ2n) is 2.72. The van der Waals surface area contributed by atoms with E-state index in [1.54, 1.807) is 13.8 Å². The summed E-state index contributed by atoms with van der Waals surface area (Å²) in [7, 11) is 0. The van der Waals surface area contributed by atoms with Crippen LogP contribution in [0.4, 0.5) is 5.82 Å². The summed E-state index contributed by atoms with van der Waals surface area (Å²) in [5.41, 5.74) is 5.89. The fourth-order valence-corrected chi connectivity index (χ4v) is 0.988. The fraction of sp³-hybridized carbons (Fsp3) is 0.455. The Morgan fingerprint density at radius 2 is 2.06 bits per heavy atom. The summed E-state index contributed by atoms with van der Waals surface area (Å²) in [5.74, 6) is -0.717. The van der Waals surface area contributed by atoms with Crippen LogP contribution >= 0.6 is 0 Å². The van der Waals surface area contributed by atoms with Crippen LogP contribution in [-0.2, 0) is 4.74 Å². The van der Waals surface area contributed by atoms with Gasteiger partial charge in [0.2, 0.25) is 0 Å². The van der Waals surface area contributed by atoms with Gasteiger partial charge in [0, 0.05) is 0 Å². The van der Waals surface area contributed by atoms with Crippen LogP contribution in [0.5, 0.6) is 0 Å². The lowest BCUT2D eigenvalue weighted by molar-refractivity contribution is 0.0520. The number of rotatable bonds is 2. The highest BCUT2D eigenvalue weighted by molar-refractivity contribution is 5.92. The lowest BCUT2D eigenvalue weighted by atomic mass is 10.3. The number of hydrogen-bond acceptors (Lipinski definition) is 6. The van der Waals surface area contributed by atoms with Crippen LogP contribution in [0.1, 0.15) is 42.6 Å². The molecule has 0 aliphatic heterocycles. The van der Waals surface area contributed by atoms with E-state index in [0.717, 1.165) is 0 Å². The third-order valence-corrected chi connectivity index (χ3v) is 1.67. The van der Waals surface area contributed by atoms with E-state index < -0.39 is 5.97 Å². The van der Waals surface area contributed by atoms with E-state index >= 15 is 0 Å². The molecule has 92 valence electrons. The summed E-state index contributed by atoms with van der Waals surface area (Å²) in [6.45, 7) is 7.49.